The first kappa shape index (κ1) is 16.4. The Morgan fingerprint density at radius 2 is 1.90 bits per heavy atom. The Labute approximate surface area is 152 Å². The van der Waals surface area contributed by atoms with Crippen molar-refractivity contribution in [3.8, 4) is 5.75 Å². The summed E-state index contributed by atoms with van der Waals surface area (Å²) in [6, 6.07) is 10.8. The van der Waals surface area contributed by atoms with Crippen LogP contribution in [0.25, 0.3) is 0 Å². The van der Waals surface area contributed by atoms with Crippen LogP contribution in [0.1, 0.15) is 15.9 Å². The third kappa shape index (κ3) is 4.52. The zero-order valence-corrected chi connectivity index (χ0v) is 15.8. The highest BCUT2D eigenvalue weighted by atomic mass is 127. The number of nitrogens with zero attached hydrogens (tertiary/aromatic N) is 1. The molecule has 0 spiro atoms. The summed E-state index contributed by atoms with van der Waals surface area (Å²) < 4.78 is 1.96. The molecule has 0 saturated heterocycles. The van der Waals surface area contributed by atoms with E-state index in [0.29, 0.717) is 14.5 Å². The fourth-order valence-corrected chi connectivity index (χ4v) is 3.27. The Hall–Kier alpha value is -0.930. The SMILES string of the molecule is O=C(NN=Cc1cccc(I)c1)c1cc(Br)c(O)c(Br)c1. The number of phenols is 1. The molecule has 108 valence electrons. The first-order valence-corrected chi connectivity index (χ1v) is 8.41. The van der Waals surface area contributed by atoms with Crippen molar-refractivity contribution in [3.63, 3.8) is 0 Å². The molecule has 2 aromatic rings. The van der Waals surface area contributed by atoms with Crippen molar-refractivity contribution in [1.82, 2.24) is 5.43 Å². The van der Waals surface area contributed by atoms with E-state index in [9.17, 15) is 9.90 Å². The Kier molecular flexibility index (Phi) is 5.77. The molecule has 0 aromatic heterocycles. The second kappa shape index (κ2) is 7.37. The molecule has 4 nitrogen and oxygen atoms in total. The van der Waals surface area contributed by atoms with Gasteiger partial charge in [-0.3, -0.25) is 4.79 Å². The van der Waals surface area contributed by atoms with E-state index in [1.807, 2.05) is 24.3 Å². The van der Waals surface area contributed by atoms with Crippen LogP contribution in [0.2, 0.25) is 0 Å². The van der Waals surface area contributed by atoms with Crippen LogP contribution in [0.3, 0.4) is 0 Å². The van der Waals surface area contributed by atoms with E-state index in [2.05, 4.69) is 65.0 Å². The van der Waals surface area contributed by atoms with Crippen LogP contribution >= 0.6 is 54.5 Å². The van der Waals surface area contributed by atoms with E-state index in [0.717, 1.165) is 9.13 Å². The van der Waals surface area contributed by atoms with Crippen LogP contribution in [0.15, 0.2) is 50.4 Å². The van der Waals surface area contributed by atoms with Crippen molar-refractivity contribution in [3.05, 3.63) is 60.0 Å². The van der Waals surface area contributed by atoms with Gasteiger partial charge in [-0.1, -0.05) is 12.1 Å². The van der Waals surface area contributed by atoms with E-state index in [1.165, 1.54) is 12.1 Å². The van der Waals surface area contributed by atoms with Crippen LogP contribution in [-0.2, 0) is 0 Å². The molecule has 0 atom stereocenters. The summed E-state index contributed by atoms with van der Waals surface area (Å²) in [5.74, 6) is -0.313. The lowest BCUT2D eigenvalue weighted by Gasteiger charge is -2.04. The van der Waals surface area contributed by atoms with Gasteiger partial charge < -0.3 is 5.11 Å². The molecule has 0 unspecified atom stereocenters. The molecule has 2 rings (SSSR count). The lowest BCUT2D eigenvalue weighted by atomic mass is 10.2. The Balaban J connectivity index is 2.08. The fraction of sp³-hybridized carbons (Fsp3) is 0. The highest BCUT2D eigenvalue weighted by Crippen LogP contribution is 2.33. The predicted octanol–water partition coefficient (Wildman–Crippen LogP) is 4.29. The molecule has 0 aliphatic rings. The second-order valence-electron chi connectivity index (χ2n) is 4.04. The minimum Gasteiger partial charge on any atom is -0.506 e. The van der Waals surface area contributed by atoms with Gasteiger partial charge in [0.2, 0.25) is 0 Å². The molecule has 0 saturated carbocycles. The number of phenolic OH excluding ortho intramolecular Hbond substituents is 1. The molecule has 0 radical (unpaired) electrons. The number of benzene rings is 2. The van der Waals surface area contributed by atoms with E-state index < -0.39 is 0 Å². The smallest absolute Gasteiger partial charge is 0.271 e. The maximum Gasteiger partial charge on any atom is 0.271 e. The zero-order valence-electron chi connectivity index (χ0n) is 10.5. The Bertz CT molecular complexity index is 697. The summed E-state index contributed by atoms with van der Waals surface area (Å²) in [6.07, 6.45) is 1.57. The molecule has 0 aliphatic heterocycles. The third-order valence-corrected chi connectivity index (χ3v) is 4.39. The van der Waals surface area contributed by atoms with Gasteiger partial charge in [-0.05, 0) is 84.3 Å². The molecule has 0 bridgehead atoms. The molecule has 21 heavy (non-hydrogen) atoms. The van der Waals surface area contributed by atoms with Gasteiger partial charge >= 0.3 is 0 Å². The standard InChI is InChI=1S/C14H9Br2IN2O2/c15-11-5-9(6-12(16)13(11)20)14(21)19-18-7-8-2-1-3-10(17)4-8/h1-7,20H,(H,19,21). The highest BCUT2D eigenvalue weighted by molar-refractivity contribution is 14.1. The molecule has 1 amide bonds. The number of carbonyl (C=O) groups excluding carboxylic acids is 1. The lowest BCUT2D eigenvalue weighted by Crippen LogP contribution is -2.17. The van der Waals surface area contributed by atoms with Crippen LogP contribution < -0.4 is 5.43 Å². The summed E-state index contributed by atoms with van der Waals surface area (Å²) in [7, 11) is 0. The first-order valence-electron chi connectivity index (χ1n) is 5.74. The molecule has 0 heterocycles. The third-order valence-electron chi connectivity index (χ3n) is 2.51. The maximum atomic E-state index is 12.0. The summed E-state index contributed by atoms with van der Waals surface area (Å²) >= 11 is 8.56. The van der Waals surface area contributed by atoms with E-state index in [-0.39, 0.29) is 11.7 Å². The zero-order chi connectivity index (χ0) is 15.4. The Morgan fingerprint density at radius 1 is 1.24 bits per heavy atom. The summed E-state index contributed by atoms with van der Waals surface area (Å²) in [6.45, 7) is 0. The fourth-order valence-electron chi connectivity index (χ4n) is 1.51. The van der Waals surface area contributed by atoms with Crippen molar-refractivity contribution in [2.75, 3.05) is 0 Å². The molecule has 7 heteroatoms. The number of amides is 1. The van der Waals surface area contributed by atoms with Gasteiger partial charge in [0.15, 0.2) is 0 Å². The maximum absolute atomic E-state index is 12.0. The van der Waals surface area contributed by atoms with Gasteiger partial charge in [-0.2, -0.15) is 5.10 Å². The highest BCUT2D eigenvalue weighted by Gasteiger charge is 2.11. The summed E-state index contributed by atoms with van der Waals surface area (Å²) in [4.78, 5) is 12.0. The number of hydrazone groups is 1. The van der Waals surface area contributed by atoms with Gasteiger partial charge in [0, 0.05) is 9.13 Å². The number of halogens is 3. The van der Waals surface area contributed by atoms with Crippen LogP contribution in [-0.4, -0.2) is 17.2 Å². The van der Waals surface area contributed by atoms with Crippen molar-refractivity contribution < 1.29 is 9.90 Å². The van der Waals surface area contributed by atoms with Crippen LogP contribution in [0, 0.1) is 3.57 Å². The number of aromatic hydroxyl groups is 1. The van der Waals surface area contributed by atoms with Gasteiger partial charge in [0.1, 0.15) is 5.75 Å². The number of nitrogens with one attached hydrogen (secondary N) is 1. The average molecular weight is 524 g/mol. The molecular formula is C14H9Br2IN2O2. The van der Waals surface area contributed by atoms with Crippen LogP contribution in [0.4, 0.5) is 0 Å². The van der Waals surface area contributed by atoms with Crippen molar-refractivity contribution in [1.29, 1.82) is 0 Å². The molecule has 2 aromatic carbocycles. The number of rotatable bonds is 3. The number of hydrogen-bond donors (Lipinski definition) is 2. The lowest BCUT2D eigenvalue weighted by molar-refractivity contribution is 0.0955. The summed E-state index contributed by atoms with van der Waals surface area (Å²) in [5.41, 5.74) is 3.72. The minimum absolute atomic E-state index is 0.0499. The van der Waals surface area contributed by atoms with Gasteiger partial charge in [0.05, 0.1) is 15.2 Å². The molecule has 0 fully saturated rings. The average Bonchev–Trinajstić information content (AvgIpc) is 2.44. The minimum atomic E-state index is -0.363. The van der Waals surface area contributed by atoms with Gasteiger partial charge in [-0.15, -0.1) is 0 Å². The monoisotopic (exact) mass is 522 g/mol. The van der Waals surface area contributed by atoms with Crippen molar-refractivity contribution in [2.45, 2.75) is 0 Å². The van der Waals surface area contributed by atoms with Gasteiger partial charge in [0.25, 0.3) is 5.91 Å². The molecule has 0 aliphatic carbocycles. The number of hydrogen-bond acceptors (Lipinski definition) is 3. The van der Waals surface area contributed by atoms with Gasteiger partial charge in [-0.25, -0.2) is 5.43 Å². The quantitative estimate of drug-likeness (QED) is 0.358. The normalized spacial score (nSPS) is 10.8. The number of carbonyl (C=O) groups is 1. The summed E-state index contributed by atoms with van der Waals surface area (Å²) in [5, 5.41) is 13.5. The topological polar surface area (TPSA) is 61.7 Å². The van der Waals surface area contributed by atoms with E-state index >= 15 is 0 Å². The second-order valence-corrected chi connectivity index (χ2v) is 7.00. The largest absolute Gasteiger partial charge is 0.506 e. The van der Waals surface area contributed by atoms with E-state index in [1.54, 1.807) is 6.21 Å². The van der Waals surface area contributed by atoms with E-state index in [4.69, 9.17) is 0 Å². The first-order chi connectivity index (χ1) is 9.97. The van der Waals surface area contributed by atoms with Crippen LogP contribution in [0.5, 0.6) is 5.75 Å². The van der Waals surface area contributed by atoms with Crippen molar-refractivity contribution in [2.24, 2.45) is 5.10 Å². The van der Waals surface area contributed by atoms with Crippen molar-refractivity contribution >= 4 is 66.6 Å². The predicted molar refractivity (Wildman–Crippen MR) is 97.7 cm³/mol. The Morgan fingerprint density at radius 3 is 2.52 bits per heavy atom. The molecule has 2 N–H and O–H groups in total. The molecular weight excluding hydrogens is 515 g/mol.